The fourth-order valence-electron chi connectivity index (χ4n) is 2.96. The standard InChI is InChI=1S/C19H18N4O2S/c24-17(21-14-7-3-1-4-8-14)11-16-18(25)23-13-22(12-20-19(23)26-16)15-9-5-2-6-10-15/h1-10,16H,11-13H2,(H,21,24). The average Bonchev–Trinajstić information content (AvgIpc) is 2.98. The third kappa shape index (κ3) is 3.43. The van der Waals surface area contributed by atoms with Crippen molar-refractivity contribution >= 4 is 40.1 Å². The van der Waals surface area contributed by atoms with Crippen LogP contribution in [0.2, 0.25) is 0 Å². The van der Waals surface area contributed by atoms with Gasteiger partial charge in [-0.25, -0.2) is 4.99 Å². The molecule has 0 saturated carbocycles. The Bertz CT molecular complexity index is 841. The first-order chi connectivity index (χ1) is 12.7. The van der Waals surface area contributed by atoms with E-state index in [2.05, 4.69) is 10.3 Å². The highest BCUT2D eigenvalue weighted by Crippen LogP contribution is 2.32. The van der Waals surface area contributed by atoms with Crippen LogP contribution in [0.3, 0.4) is 0 Å². The molecule has 2 aliphatic rings. The molecule has 0 aliphatic carbocycles. The number of nitrogens with zero attached hydrogens (tertiary/aromatic N) is 3. The number of amidine groups is 1. The second kappa shape index (κ2) is 7.21. The van der Waals surface area contributed by atoms with E-state index >= 15 is 0 Å². The summed E-state index contributed by atoms with van der Waals surface area (Å²) in [4.78, 5) is 33.2. The van der Waals surface area contributed by atoms with Crippen LogP contribution in [0, 0.1) is 0 Å². The Hall–Kier alpha value is -2.80. The lowest BCUT2D eigenvalue weighted by Gasteiger charge is -2.32. The molecule has 2 aromatic rings. The van der Waals surface area contributed by atoms with Crippen molar-refractivity contribution in [2.45, 2.75) is 11.7 Å². The van der Waals surface area contributed by atoms with Gasteiger partial charge in [-0.15, -0.1) is 0 Å². The number of rotatable bonds is 4. The minimum atomic E-state index is -0.423. The first-order valence-corrected chi connectivity index (χ1v) is 9.26. The van der Waals surface area contributed by atoms with Crippen LogP contribution in [0.5, 0.6) is 0 Å². The number of thioether (sulfide) groups is 1. The lowest BCUT2D eigenvalue weighted by molar-refractivity contribution is -0.128. The van der Waals surface area contributed by atoms with E-state index in [4.69, 9.17) is 0 Å². The van der Waals surface area contributed by atoms with Crippen molar-refractivity contribution in [3.8, 4) is 0 Å². The maximum absolute atomic E-state index is 12.7. The van der Waals surface area contributed by atoms with Crippen LogP contribution in [-0.2, 0) is 9.59 Å². The lowest BCUT2D eigenvalue weighted by atomic mass is 10.2. The van der Waals surface area contributed by atoms with Gasteiger partial charge in [0.05, 0.1) is 0 Å². The Morgan fingerprint density at radius 2 is 1.81 bits per heavy atom. The summed E-state index contributed by atoms with van der Waals surface area (Å²) in [7, 11) is 0. The number of aliphatic imine (C=N–C) groups is 1. The van der Waals surface area contributed by atoms with E-state index in [1.807, 2.05) is 65.6 Å². The van der Waals surface area contributed by atoms with Crippen LogP contribution < -0.4 is 10.2 Å². The molecular formula is C19H18N4O2S. The molecule has 0 spiro atoms. The molecule has 6 nitrogen and oxygen atoms in total. The second-order valence-electron chi connectivity index (χ2n) is 6.09. The molecule has 1 unspecified atom stereocenters. The van der Waals surface area contributed by atoms with E-state index in [0.717, 1.165) is 11.4 Å². The van der Waals surface area contributed by atoms with Crippen LogP contribution in [0.1, 0.15) is 6.42 Å². The Balaban J connectivity index is 1.40. The van der Waals surface area contributed by atoms with Crippen molar-refractivity contribution in [1.29, 1.82) is 0 Å². The van der Waals surface area contributed by atoms with Gasteiger partial charge in [0.2, 0.25) is 11.8 Å². The molecule has 1 saturated heterocycles. The van der Waals surface area contributed by atoms with E-state index in [1.54, 1.807) is 4.90 Å². The fourth-order valence-corrected chi connectivity index (χ4v) is 4.08. The predicted molar refractivity (Wildman–Crippen MR) is 104 cm³/mol. The minimum absolute atomic E-state index is 0.0578. The zero-order chi connectivity index (χ0) is 17.9. The van der Waals surface area contributed by atoms with Gasteiger partial charge in [0.1, 0.15) is 18.6 Å². The SMILES string of the molecule is O=C(CC1SC2=NCN(c3ccccc3)CN2C1=O)Nc1ccccc1. The van der Waals surface area contributed by atoms with Crippen molar-refractivity contribution < 1.29 is 9.59 Å². The molecule has 2 heterocycles. The predicted octanol–water partition coefficient (Wildman–Crippen LogP) is 2.75. The van der Waals surface area contributed by atoms with Gasteiger partial charge in [0.25, 0.3) is 0 Å². The molecule has 1 fully saturated rings. The van der Waals surface area contributed by atoms with E-state index in [9.17, 15) is 9.59 Å². The summed E-state index contributed by atoms with van der Waals surface area (Å²) < 4.78 is 0. The molecule has 2 aromatic carbocycles. The molecule has 7 heteroatoms. The molecule has 2 aliphatic heterocycles. The number of carbonyl (C=O) groups is 2. The van der Waals surface area contributed by atoms with Gasteiger partial charge >= 0.3 is 0 Å². The molecule has 26 heavy (non-hydrogen) atoms. The second-order valence-corrected chi connectivity index (χ2v) is 7.26. The first-order valence-electron chi connectivity index (χ1n) is 8.38. The van der Waals surface area contributed by atoms with Crippen molar-refractivity contribution in [3.63, 3.8) is 0 Å². The zero-order valence-electron chi connectivity index (χ0n) is 14.0. The number of amides is 2. The van der Waals surface area contributed by atoms with Crippen molar-refractivity contribution in [3.05, 3.63) is 60.7 Å². The Morgan fingerprint density at radius 3 is 2.54 bits per heavy atom. The van der Waals surface area contributed by atoms with E-state index in [0.29, 0.717) is 18.5 Å². The number of fused-ring (bicyclic) bond motifs is 1. The monoisotopic (exact) mass is 366 g/mol. The smallest absolute Gasteiger partial charge is 0.244 e. The lowest BCUT2D eigenvalue weighted by Crippen LogP contribution is -2.46. The highest BCUT2D eigenvalue weighted by atomic mass is 32.2. The molecule has 0 radical (unpaired) electrons. The van der Waals surface area contributed by atoms with Crippen LogP contribution in [0.4, 0.5) is 11.4 Å². The number of anilines is 2. The summed E-state index contributed by atoms with van der Waals surface area (Å²) in [6.07, 6.45) is 0.138. The summed E-state index contributed by atoms with van der Waals surface area (Å²) in [6.45, 7) is 0.977. The molecule has 0 aromatic heterocycles. The number of hydrogen-bond donors (Lipinski definition) is 1. The topological polar surface area (TPSA) is 65.0 Å². The number of para-hydroxylation sites is 2. The Kier molecular flexibility index (Phi) is 4.62. The van der Waals surface area contributed by atoms with Crippen molar-refractivity contribution in [2.24, 2.45) is 4.99 Å². The van der Waals surface area contributed by atoms with Gasteiger partial charge in [0.15, 0.2) is 5.17 Å². The summed E-state index contributed by atoms with van der Waals surface area (Å²) in [6, 6.07) is 19.1. The third-order valence-electron chi connectivity index (χ3n) is 4.26. The highest BCUT2D eigenvalue weighted by Gasteiger charge is 2.41. The van der Waals surface area contributed by atoms with Crippen molar-refractivity contribution in [2.75, 3.05) is 23.6 Å². The van der Waals surface area contributed by atoms with Gasteiger partial charge in [0, 0.05) is 17.8 Å². The summed E-state index contributed by atoms with van der Waals surface area (Å²) >= 11 is 1.38. The Labute approximate surface area is 155 Å². The van der Waals surface area contributed by atoms with Gasteiger partial charge in [-0.3, -0.25) is 14.5 Å². The molecule has 132 valence electrons. The van der Waals surface area contributed by atoms with Gasteiger partial charge < -0.3 is 10.2 Å². The molecule has 1 atom stereocenters. The maximum atomic E-state index is 12.7. The first kappa shape index (κ1) is 16.7. The number of hydrogen-bond acceptors (Lipinski definition) is 5. The Morgan fingerprint density at radius 1 is 1.12 bits per heavy atom. The normalized spacial score (nSPS) is 19.2. The largest absolute Gasteiger partial charge is 0.334 e. The summed E-state index contributed by atoms with van der Waals surface area (Å²) in [5.41, 5.74) is 1.76. The molecular weight excluding hydrogens is 348 g/mol. The molecule has 2 amide bonds. The fraction of sp³-hybridized carbons (Fsp3) is 0.211. The van der Waals surface area contributed by atoms with Gasteiger partial charge in [-0.1, -0.05) is 48.2 Å². The van der Waals surface area contributed by atoms with Crippen LogP contribution in [0.25, 0.3) is 0 Å². The number of carbonyl (C=O) groups excluding carboxylic acids is 2. The van der Waals surface area contributed by atoms with Gasteiger partial charge in [-0.05, 0) is 24.3 Å². The molecule has 0 bridgehead atoms. The zero-order valence-corrected chi connectivity index (χ0v) is 14.9. The minimum Gasteiger partial charge on any atom is -0.334 e. The van der Waals surface area contributed by atoms with Crippen molar-refractivity contribution in [1.82, 2.24) is 4.90 Å². The molecule has 1 N–H and O–H groups in total. The quantitative estimate of drug-likeness (QED) is 0.904. The molecule has 4 rings (SSSR count). The number of nitrogens with one attached hydrogen (secondary N) is 1. The number of benzene rings is 2. The maximum Gasteiger partial charge on any atom is 0.244 e. The van der Waals surface area contributed by atoms with E-state index < -0.39 is 5.25 Å². The van der Waals surface area contributed by atoms with Crippen LogP contribution >= 0.6 is 11.8 Å². The highest BCUT2D eigenvalue weighted by molar-refractivity contribution is 8.15. The van der Waals surface area contributed by atoms with Crippen LogP contribution in [0.15, 0.2) is 65.7 Å². The summed E-state index contributed by atoms with van der Waals surface area (Å²) in [5.74, 6) is -0.222. The third-order valence-corrected chi connectivity index (χ3v) is 5.47. The van der Waals surface area contributed by atoms with Gasteiger partial charge in [-0.2, -0.15) is 0 Å². The average molecular weight is 366 g/mol. The van der Waals surface area contributed by atoms with E-state index in [-0.39, 0.29) is 18.2 Å². The summed E-state index contributed by atoms with van der Waals surface area (Å²) in [5, 5.41) is 3.12. The van der Waals surface area contributed by atoms with Crippen LogP contribution in [-0.4, -0.2) is 40.5 Å². The van der Waals surface area contributed by atoms with E-state index in [1.165, 1.54) is 11.8 Å².